The number of nitrogens with zero attached hydrogens (tertiary/aromatic N) is 3. The smallest absolute Gasteiger partial charge is 0.387 e. The molecule has 190 valence electrons. The topological polar surface area (TPSA) is 76.0 Å². The number of rotatable bonds is 6. The summed E-state index contributed by atoms with van der Waals surface area (Å²) in [6.07, 6.45) is 6.68. The number of aliphatic hydroxyl groups excluding tert-OH is 1. The van der Waals surface area contributed by atoms with E-state index >= 15 is 4.39 Å². The number of benzene rings is 1. The van der Waals surface area contributed by atoms with Crippen molar-refractivity contribution in [2.75, 3.05) is 0 Å². The van der Waals surface area contributed by atoms with Gasteiger partial charge in [0.2, 0.25) is 5.95 Å². The molecule has 3 heterocycles. The fraction of sp³-hybridized carbons (Fsp3) is 0.360. The van der Waals surface area contributed by atoms with E-state index in [1.165, 1.54) is 17.1 Å². The molecule has 4 aromatic rings. The van der Waals surface area contributed by atoms with Crippen LogP contribution in [0, 0.1) is 11.8 Å². The van der Waals surface area contributed by atoms with Crippen LogP contribution in [0.4, 0.5) is 17.6 Å². The highest BCUT2D eigenvalue weighted by Gasteiger charge is 2.27. The summed E-state index contributed by atoms with van der Waals surface area (Å²) in [6.45, 7) is -1.43. The molecule has 5 rings (SSSR count). The number of alkyl halides is 2. The molecule has 1 aliphatic carbocycles. The maximum absolute atomic E-state index is 15.4. The third-order valence-electron chi connectivity index (χ3n) is 6.83. The minimum Gasteiger partial charge on any atom is -0.434 e. The number of fused-ring (bicyclic) bond motifs is 1. The number of H-pyrrole nitrogens is 1. The minimum absolute atomic E-state index is 0.0711. The Labute approximate surface area is 208 Å². The van der Waals surface area contributed by atoms with Crippen LogP contribution in [-0.2, 0) is 0 Å². The van der Waals surface area contributed by atoms with E-state index in [4.69, 9.17) is 11.6 Å². The van der Waals surface area contributed by atoms with Crippen molar-refractivity contribution < 1.29 is 27.4 Å². The summed E-state index contributed by atoms with van der Waals surface area (Å²) in [5.74, 6) is -2.15. The maximum atomic E-state index is 15.4. The molecule has 3 aromatic heterocycles. The molecule has 0 aliphatic heterocycles. The number of nitrogens with one attached hydrogen (secondary N) is 1. The number of aromatic amines is 1. The molecule has 1 aromatic carbocycles. The standard InChI is InChI=1S/C25H23ClF4N4O2/c1-12(21-20(36-25(29)30)7-6-19(27)22(21)26)17-10-32-24-16(17)8-13(9-31-24)18-11-33-34(23(18)28)14-2-4-15(35)5-3-14/h6-12,14-15,25,35H,2-5H2,1H3,(H,31,32)/t12-,14?,15?/m0/s1. The molecular weight excluding hydrogens is 500 g/mol. The van der Waals surface area contributed by atoms with E-state index in [1.807, 2.05) is 0 Å². The summed E-state index contributed by atoms with van der Waals surface area (Å²) in [7, 11) is 0. The third-order valence-corrected chi connectivity index (χ3v) is 7.21. The fourth-order valence-corrected chi connectivity index (χ4v) is 5.25. The minimum atomic E-state index is -3.11. The first kappa shape index (κ1) is 24.6. The molecule has 0 bridgehead atoms. The highest BCUT2D eigenvalue weighted by molar-refractivity contribution is 6.31. The predicted molar refractivity (Wildman–Crippen MR) is 126 cm³/mol. The Hall–Kier alpha value is -3.11. The molecule has 0 spiro atoms. The summed E-state index contributed by atoms with van der Waals surface area (Å²) in [5, 5.41) is 14.3. The quantitative estimate of drug-likeness (QED) is 0.280. The van der Waals surface area contributed by atoms with E-state index in [-0.39, 0.29) is 34.0 Å². The lowest BCUT2D eigenvalue weighted by molar-refractivity contribution is -0.0505. The van der Waals surface area contributed by atoms with Crippen molar-refractivity contribution in [3.63, 3.8) is 0 Å². The molecular formula is C25H23ClF4N4O2. The van der Waals surface area contributed by atoms with Gasteiger partial charge in [-0.05, 0) is 49.4 Å². The van der Waals surface area contributed by atoms with E-state index in [0.717, 1.165) is 12.1 Å². The van der Waals surface area contributed by atoms with E-state index in [2.05, 4.69) is 19.8 Å². The molecule has 11 heteroatoms. The number of halogens is 5. The molecule has 0 saturated heterocycles. The number of ether oxygens (including phenoxy) is 1. The van der Waals surface area contributed by atoms with Gasteiger partial charge in [0.05, 0.1) is 28.9 Å². The molecule has 0 radical (unpaired) electrons. The highest BCUT2D eigenvalue weighted by atomic mass is 35.5. The second-order valence-electron chi connectivity index (χ2n) is 8.99. The second-order valence-corrected chi connectivity index (χ2v) is 9.37. The van der Waals surface area contributed by atoms with Gasteiger partial charge in [-0.2, -0.15) is 18.3 Å². The molecule has 0 unspecified atom stereocenters. The van der Waals surface area contributed by atoms with Crippen LogP contribution in [0.5, 0.6) is 5.75 Å². The van der Waals surface area contributed by atoms with Gasteiger partial charge in [-0.1, -0.05) is 18.5 Å². The first-order valence-corrected chi connectivity index (χ1v) is 11.9. The lowest BCUT2D eigenvalue weighted by Crippen LogP contribution is -2.22. The normalized spacial score (nSPS) is 19.2. The van der Waals surface area contributed by atoms with Gasteiger partial charge >= 0.3 is 6.61 Å². The monoisotopic (exact) mass is 522 g/mol. The lowest BCUT2D eigenvalue weighted by Gasteiger charge is -2.25. The van der Waals surface area contributed by atoms with Crippen molar-refractivity contribution >= 4 is 22.6 Å². The van der Waals surface area contributed by atoms with Gasteiger partial charge in [-0.15, -0.1) is 0 Å². The first-order chi connectivity index (χ1) is 17.2. The Morgan fingerprint density at radius 1 is 1.17 bits per heavy atom. The summed E-state index contributed by atoms with van der Waals surface area (Å²) in [6, 6.07) is 3.68. The third kappa shape index (κ3) is 4.43. The van der Waals surface area contributed by atoms with Crippen LogP contribution in [-0.4, -0.2) is 37.6 Å². The zero-order chi connectivity index (χ0) is 25.6. The summed E-state index contributed by atoms with van der Waals surface area (Å²) < 4.78 is 61.6. The van der Waals surface area contributed by atoms with Crippen LogP contribution in [0.2, 0.25) is 5.02 Å². The van der Waals surface area contributed by atoms with E-state index < -0.39 is 24.3 Å². The van der Waals surface area contributed by atoms with Gasteiger partial charge in [0.25, 0.3) is 0 Å². The summed E-state index contributed by atoms with van der Waals surface area (Å²) >= 11 is 6.18. The van der Waals surface area contributed by atoms with Crippen LogP contribution in [0.1, 0.15) is 55.7 Å². The maximum Gasteiger partial charge on any atom is 0.387 e. The Morgan fingerprint density at radius 3 is 2.64 bits per heavy atom. The SMILES string of the molecule is C[C@H](c1c(OC(F)F)ccc(F)c1Cl)c1c[nH]c2ncc(-c3cnn(C4CCC(O)CC4)c3F)cc12. The van der Waals surface area contributed by atoms with Gasteiger partial charge in [0.15, 0.2) is 0 Å². The van der Waals surface area contributed by atoms with Crippen LogP contribution in [0.3, 0.4) is 0 Å². The molecule has 1 fully saturated rings. The Kier molecular flexibility index (Phi) is 6.65. The zero-order valence-electron chi connectivity index (χ0n) is 19.2. The van der Waals surface area contributed by atoms with Gasteiger partial charge < -0.3 is 14.8 Å². The van der Waals surface area contributed by atoms with Gasteiger partial charge in [-0.3, -0.25) is 0 Å². The number of aliphatic hydroxyl groups is 1. The number of hydrogen-bond donors (Lipinski definition) is 2. The molecule has 6 nitrogen and oxygen atoms in total. The summed E-state index contributed by atoms with van der Waals surface area (Å²) in [4.78, 5) is 7.40. The lowest BCUT2D eigenvalue weighted by atomic mass is 9.91. The highest BCUT2D eigenvalue weighted by Crippen LogP contribution is 2.41. The van der Waals surface area contributed by atoms with Gasteiger partial charge in [-0.25, -0.2) is 14.1 Å². The number of pyridine rings is 1. The van der Waals surface area contributed by atoms with Crippen molar-refractivity contribution in [1.82, 2.24) is 19.7 Å². The Balaban J connectivity index is 1.53. The van der Waals surface area contributed by atoms with Crippen LogP contribution >= 0.6 is 11.6 Å². The number of aromatic nitrogens is 4. The average molecular weight is 523 g/mol. The van der Waals surface area contributed by atoms with Crippen LogP contribution in [0.15, 0.2) is 36.8 Å². The van der Waals surface area contributed by atoms with Crippen LogP contribution in [0.25, 0.3) is 22.2 Å². The van der Waals surface area contributed by atoms with Crippen molar-refractivity contribution in [2.45, 2.75) is 57.3 Å². The Bertz CT molecular complexity index is 1400. The molecule has 2 N–H and O–H groups in total. The Morgan fingerprint density at radius 2 is 1.92 bits per heavy atom. The van der Waals surface area contributed by atoms with Gasteiger partial charge in [0.1, 0.15) is 17.2 Å². The van der Waals surface area contributed by atoms with Crippen molar-refractivity contribution in [3.05, 3.63) is 64.7 Å². The first-order valence-electron chi connectivity index (χ1n) is 11.6. The largest absolute Gasteiger partial charge is 0.434 e. The van der Waals surface area contributed by atoms with E-state index in [1.54, 1.807) is 19.2 Å². The molecule has 0 amide bonds. The molecule has 1 atom stereocenters. The second kappa shape index (κ2) is 9.74. The predicted octanol–water partition coefficient (Wildman–Crippen LogP) is 6.59. The van der Waals surface area contributed by atoms with E-state index in [0.29, 0.717) is 47.8 Å². The average Bonchev–Trinajstić information content (AvgIpc) is 3.44. The fourth-order valence-electron chi connectivity index (χ4n) is 4.93. The van der Waals surface area contributed by atoms with E-state index in [9.17, 15) is 18.3 Å². The molecule has 36 heavy (non-hydrogen) atoms. The van der Waals surface area contributed by atoms with Crippen LogP contribution < -0.4 is 4.74 Å². The van der Waals surface area contributed by atoms with Crippen molar-refractivity contribution in [3.8, 4) is 16.9 Å². The van der Waals surface area contributed by atoms with Gasteiger partial charge in [0, 0.05) is 34.8 Å². The zero-order valence-corrected chi connectivity index (χ0v) is 19.9. The number of hydrogen-bond acceptors (Lipinski definition) is 4. The van der Waals surface area contributed by atoms with Crippen molar-refractivity contribution in [1.29, 1.82) is 0 Å². The summed E-state index contributed by atoms with van der Waals surface area (Å²) in [5.41, 5.74) is 1.89. The van der Waals surface area contributed by atoms with Crippen molar-refractivity contribution in [2.24, 2.45) is 0 Å². The molecule has 1 aliphatic rings. The molecule has 1 saturated carbocycles.